The lowest BCUT2D eigenvalue weighted by molar-refractivity contribution is 0.0474. The Morgan fingerprint density at radius 2 is 1.79 bits per heavy atom. The average molecular weight is 389 g/mol. The van der Waals surface area contributed by atoms with Gasteiger partial charge in [0, 0.05) is 20.7 Å². The van der Waals surface area contributed by atoms with E-state index in [4.69, 9.17) is 15.2 Å². The van der Waals surface area contributed by atoms with E-state index in [0.29, 0.717) is 13.0 Å². The molecule has 9 heteroatoms. The smallest absolute Gasteiger partial charge is 0.338 e. The Balaban J connectivity index is 2.20. The topological polar surface area (TPSA) is 123 Å². The molecule has 0 spiro atoms. The van der Waals surface area contributed by atoms with Crippen molar-refractivity contribution in [2.75, 3.05) is 19.5 Å². The Hall–Kier alpha value is -3.20. The minimum atomic E-state index is -0.820. The number of hydrogen-bond donors (Lipinski definition) is 1. The van der Waals surface area contributed by atoms with Gasteiger partial charge in [-0.2, -0.15) is 0 Å². The van der Waals surface area contributed by atoms with Crippen LogP contribution < -0.4 is 17.0 Å². The molecule has 1 heterocycles. The highest BCUT2D eigenvalue weighted by atomic mass is 16.5. The third kappa shape index (κ3) is 4.37. The van der Waals surface area contributed by atoms with Crippen molar-refractivity contribution in [3.8, 4) is 0 Å². The van der Waals surface area contributed by atoms with Crippen LogP contribution in [0.3, 0.4) is 0 Å². The Morgan fingerprint density at radius 1 is 1.14 bits per heavy atom. The summed E-state index contributed by atoms with van der Waals surface area (Å²) < 4.78 is 12.0. The molecule has 0 bridgehead atoms. The highest BCUT2D eigenvalue weighted by Crippen LogP contribution is 2.09. The van der Waals surface area contributed by atoms with Gasteiger partial charge in [-0.1, -0.05) is 19.1 Å². The number of anilines is 1. The minimum Gasteiger partial charge on any atom is -0.454 e. The van der Waals surface area contributed by atoms with Crippen LogP contribution in [0.4, 0.5) is 5.82 Å². The number of ether oxygens (including phenoxy) is 2. The monoisotopic (exact) mass is 389 g/mol. The van der Waals surface area contributed by atoms with Crippen molar-refractivity contribution < 1.29 is 19.1 Å². The van der Waals surface area contributed by atoms with E-state index in [-0.39, 0.29) is 23.5 Å². The number of carbonyl (C=O) groups excluding carboxylic acids is 2. The molecular weight excluding hydrogens is 366 g/mol. The Bertz CT molecular complexity index is 988. The average Bonchev–Trinajstić information content (AvgIpc) is 2.68. The van der Waals surface area contributed by atoms with Crippen molar-refractivity contribution in [2.24, 2.45) is 7.05 Å². The van der Waals surface area contributed by atoms with Crippen molar-refractivity contribution in [3.05, 3.63) is 61.8 Å². The van der Waals surface area contributed by atoms with Gasteiger partial charge in [0.15, 0.2) is 6.61 Å². The van der Waals surface area contributed by atoms with E-state index in [1.807, 2.05) is 6.92 Å². The van der Waals surface area contributed by atoms with Crippen molar-refractivity contribution in [1.29, 1.82) is 0 Å². The van der Waals surface area contributed by atoms with Crippen molar-refractivity contribution >= 4 is 17.6 Å². The van der Waals surface area contributed by atoms with Crippen LogP contribution in [0.1, 0.15) is 39.6 Å². The van der Waals surface area contributed by atoms with E-state index in [0.717, 1.165) is 14.7 Å². The van der Waals surface area contributed by atoms with Crippen LogP contribution in [0.2, 0.25) is 0 Å². The third-order valence-electron chi connectivity index (χ3n) is 4.14. The second-order valence-electron chi connectivity index (χ2n) is 6.19. The van der Waals surface area contributed by atoms with Crippen molar-refractivity contribution in [3.63, 3.8) is 0 Å². The summed E-state index contributed by atoms with van der Waals surface area (Å²) in [6, 6.07) is 6.51. The molecule has 2 N–H and O–H groups in total. The normalized spacial score (nSPS) is 10.7. The molecule has 1 aromatic carbocycles. The lowest BCUT2D eigenvalue weighted by atomic mass is 10.1. The lowest BCUT2D eigenvalue weighted by Crippen LogP contribution is -2.43. The van der Waals surface area contributed by atoms with E-state index in [2.05, 4.69) is 0 Å². The first-order valence-electron chi connectivity index (χ1n) is 8.69. The number of aromatic nitrogens is 2. The van der Waals surface area contributed by atoms with E-state index < -0.39 is 29.6 Å². The summed E-state index contributed by atoms with van der Waals surface area (Å²) in [6.45, 7) is 1.83. The van der Waals surface area contributed by atoms with Gasteiger partial charge in [0.2, 0.25) is 5.78 Å². The van der Waals surface area contributed by atoms with Crippen LogP contribution in [-0.2, 0) is 29.7 Å². The lowest BCUT2D eigenvalue weighted by Gasteiger charge is -2.13. The number of ketones is 1. The van der Waals surface area contributed by atoms with Crippen LogP contribution in [0.15, 0.2) is 33.9 Å². The molecule has 0 aliphatic rings. The predicted molar refractivity (Wildman–Crippen MR) is 102 cm³/mol. The fraction of sp³-hybridized carbons (Fsp3) is 0.368. The zero-order chi connectivity index (χ0) is 20.8. The Morgan fingerprint density at radius 3 is 2.36 bits per heavy atom. The number of rotatable bonds is 8. The first-order chi connectivity index (χ1) is 13.3. The fourth-order valence-corrected chi connectivity index (χ4v) is 2.68. The molecule has 2 aromatic rings. The summed E-state index contributed by atoms with van der Waals surface area (Å²) in [6.07, 6.45) is 0.587. The maximum Gasteiger partial charge on any atom is 0.338 e. The van der Waals surface area contributed by atoms with Crippen LogP contribution >= 0.6 is 0 Å². The number of nitrogen functional groups attached to an aromatic ring is 1. The quantitative estimate of drug-likeness (QED) is 0.521. The van der Waals surface area contributed by atoms with Gasteiger partial charge in [-0.3, -0.25) is 18.7 Å². The molecule has 0 atom stereocenters. The highest BCUT2D eigenvalue weighted by molar-refractivity contribution is 6.02. The molecule has 0 saturated heterocycles. The van der Waals surface area contributed by atoms with E-state index in [1.165, 1.54) is 7.05 Å². The number of benzene rings is 1. The number of nitrogens with zero attached hydrogens (tertiary/aromatic N) is 2. The largest absolute Gasteiger partial charge is 0.454 e. The second kappa shape index (κ2) is 9.14. The Labute approximate surface area is 161 Å². The molecule has 0 aliphatic carbocycles. The van der Waals surface area contributed by atoms with Gasteiger partial charge in [0.1, 0.15) is 11.4 Å². The van der Waals surface area contributed by atoms with Gasteiger partial charge in [-0.15, -0.1) is 0 Å². The summed E-state index contributed by atoms with van der Waals surface area (Å²) in [4.78, 5) is 49.1. The van der Waals surface area contributed by atoms with Gasteiger partial charge >= 0.3 is 11.7 Å². The maximum atomic E-state index is 12.5. The number of Topliss-reactive ketones (excluding diaryl/α,β-unsaturated/α-hetero) is 1. The van der Waals surface area contributed by atoms with E-state index in [1.54, 1.807) is 31.4 Å². The summed E-state index contributed by atoms with van der Waals surface area (Å²) in [5.74, 6) is -1.71. The van der Waals surface area contributed by atoms with Gasteiger partial charge < -0.3 is 15.2 Å². The van der Waals surface area contributed by atoms with Gasteiger partial charge in [0.05, 0.1) is 12.2 Å². The molecule has 1 aromatic heterocycles. The molecule has 0 amide bonds. The second-order valence-corrected chi connectivity index (χ2v) is 6.19. The third-order valence-corrected chi connectivity index (χ3v) is 4.14. The summed E-state index contributed by atoms with van der Waals surface area (Å²) >= 11 is 0. The summed E-state index contributed by atoms with van der Waals surface area (Å²) in [5, 5.41) is 0. The van der Waals surface area contributed by atoms with Gasteiger partial charge in [0.25, 0.3) is 5.56 Å². The number of methoxy groups -OCH3 is 1. The van der Waals surface area contributed by atoms with Crippen LogP contribution in [0, 0.1) is 0 Å². The molecule has 0 fully saturated rings. The maximum absolute atomic E-state index is 12.5. The first kappa shape index (κ1) is 21.1. The van der Waals surface area contributed by atoms with Gasteiger partial charge in [-0.05, 0) is 24.1 Å². The number of hydrogen-bond acceptors (Lipinski definition) is 7. The highest BCUT2D eigenvalue weighted by Gasteiger charge is 2.22. The molecule has 0 unspecified atom stereocenters. The molecule has 28 heavy (non-hydrogen) atoms. The SMILES string of the molecule is CCCn1c(N)c(C(=O)COC(=O)c2ccc(COC)cc2)c(=O)n(C)c1=O. The zero-order valence-corrected chi connectivity index (χ0v) is 16.1. The summed E-state index contributed by atoms with van der Waals surface area (Å²) in [7, 11) is 2.83. The molecule has 2 rings (SSSR count). The molecule has 9 nitrogen and oxygen atoms in total. The van der Waals surface area contributed by atoms with Crippen molar-refractivity contribution in [2.45, 2.75) is 26.5 Å². The molecule has 0 radical (unpaired) electrons. The molecule has 0 aliphatic heterocycles. The molecule has 0 saturated carbocycles. The zero-order valence-electron chi connectivity index (χ0n) is 16.1. The first-order valence-corrected chi connectivity index (χ1v) is 8.69. The van der Waals surface area contributed by atoms with Crippen molar-refractivity contribution in [1.82, 2.24) is 9.13 Å². The summed E-state index contributed by atoms with van der Waals surface area (Å²) in [5.41, 5.74) is 5.23. The molecule has 150 valence electrons. The van der Waals surface area contributed by atoms with E-state index in [9.17, 15) is 19.2 Å². The fourth-order valence-electron chi connectivity index (χ4n) is 2.68. The van der Waals surface area contributed by atoms with Crippen LogP contribution in [-0.4, -0.2) is 34.6 Å². The van der Waals surface area contributed by atoms with Gasteiger partial charge in [-0.25, -0.2) is 9.59 Å². The van der Waals surface area contributed by atoms with Crippen LogP contribution in [0.25, 0.3) is 0 Å². The number of esters is 1. The molecular formula is C19H23N3O6. The minimum absolute atomic E-state index is 0.222. The Kier molecular flexibility index (Phi) is 6.89. The number of nitrogens with two attached hydrogens (primary N) is 1. The van der Waals surface area contributed by atoms with Crippen LogP contribution in [0.5, 0.6) is 0 Å². The number of carbonyl (C=O) groups is 2. The standard InChI is InChI=1S/C19H23N3O6/c1-4-9-22-16(20)15(17(24)21(2)19(22)26)14(23)11-28-18(25)13-7-5-12(6-8-13)10-27-3/h5-8H,4,9-11,20H2,1-3H3. The van der Waals surface area contributed by atoms with E-state index >= 15 is 0 Å². The predicted octanol–water partition coefficient (Wildman–Crippen LogP) is 0.725.